The van der Waals surface area contributed by atoms with Crippen LogP contribution in [0.3, 0.4) is 0 Å². The van der Waals surface area contributed by atoms with Crippen molar-refractivity contribution < 1.29 is 9.66 Å². The Morgan fingerprint density at radius 3 is 2.72 bits per heavy atom. The summed E-state index contributed by atoms with van der Waals surface area (Å²) in [6.45, 7) is 5.68. The van der Waals surface area contributed by atoms with Crippen LogP contribution >= 0.6 is 0 Å². The molecule has 1 aromatic heterocycles. The molecule has 1 aliphatic rings. The van der Waals surface area contributed by atoms with Crippen LogP contribution < -0.4 is 15.0 Å². The number of nitro groups is 1. The molecule has 1 aliphatic heterocycles. The first-order valence-corrected chi connectivity index (χ1v) is 10.4. The average Bonchev–Trinajstić information content (AvgIpc) is 2.74. The highest BCUT2D eigenvalue weighted by Crippen LogP contribution is 2.37. The van der Waals surface area contributed by atoms with Crippen LogP contribution in [0.5, 0.6) is 5.75 Å². The van der Waals surface area contributed by atoms with Crippen molar-refractivity contribution in [1.82, 2.24) is 9.97 Å². The Bertz CT molecular complexity index is 812. The van der Waals surface area contributed by atoms with Crippen molar-refractivity contribution in [1.29, 1.82) is 0 Å². The van der Waals surface area contributed by atoms with Gasteiger partial charge in [0.2, 0.25) is 11.6 Å². The molecule has 156 valence electrons. The van der Waals surface area contributed by atoms with Gasteiger partial charge in [-0.1, -0.05) is 20.3 Å². The van der Waals surface area contributed by atoms with Gasteiger partial charge < -0.3 is 15.0 Å². The number of ether oxygens (including phenoxy) is 1. The molecule has 8 heteroatoms. The highest BCUT2D eigenvalue weighted by atomic mass is 16.6. The van der Waals surface area contributed by atoms with Gasteiger partial charge in [0.05, 0.1) is 11.5 Å². The van der Waals surface area contributed by atoms with Crippen molar-refractivity contribution in [3.8, 4) is 5.75 Å². The first-order valence-electron chi connectivity index (χ1n) is 10.4. The molecular weight excluding hydrogens is 370 g/mol. The lowest BCUT2D eigenvalue weighted by molar-refractivity contribution is -0.383. The molecule has 0 aliphatic carbocycles. The highest BCUT2D eigenvalue weighted by Gasteiger charge is 2.31. The summed E-state index contributed by atoms with van der Waals surface area (Å²) >= 11 is 0. The number of hydrogen-bond donors (Lipinski definition) is 1. The maximum atomic E-state index is 11.9. The summed E-state index contributed by atoms with van der Waals surface area (Å²) in [6, 6.07) is 7.64. The van der Waals surface area contributed by atoms with E-state index in [1.54, 1.807) is 0 Å². The molecule has 1 unspecified atom stereocenters. The van der Waals surface area contributed by atoms with E-state index in [-0.39, 0.29) is 22.5 Å². The average molecular weight is 399 g/mol. The summed E-state index contributed by atoms with van der Waals surface area (Å²) < 4.78 is 5.67. The maximum absolute atomic E-state index is 11.9. The highest BCUT2D eigenvalue weighted by molar-refractivity contribution is 5.74. The molecule has 1 atom stereocenters. The van der Waals surface area contributed by atoms with Crippen molar-refractivity contribution in [2.24, 2.45) is 0 Å². The van der Waals surface area contributed by atoms with Crippen LogP contribution in [-0.4, -0.2) is 34.1 Å². The summed E-state index contributed by atoms with van der Waals surface area (Å²) in [4.78, 5) is 22.0. The van der Waals surface area contributed by atoms with Gasteiger partial charge in [-0.05, 0) is 56.4 Å². The molecule has 0 saturated carbocycles. The molecule has 2 aromatic rings. The van der Waals surface area contributed by atoms with E-state index in [9.17, 15) is 10.1 Å². The summed E-state index contributed by atoms with van der Waals surface area (Å²) in [6.07, 6.45) is 7.60. The Balaban J connectivity index is 1.83. The SMILES string of the molecule is CCCCOc1ccc(Nc2ncnc(N3CCCCC3CC)c2[N+](=O)[O-])cc1. The fourth-order valence-corrected chi connectivity index (χ4v) is 3.65. The molecule has 1 fully saturated rings. The van der Waals surface area contributed by atoms with E-state index in [1.807, 2.05) is 24.3 Å². The van der Waals surface area contributed by atoms with E-state index in [0.717, 1.165) is 50.8 Å². The van der Waals surface area contributed by atoms with Gasteiger partial charge in [0, 0.05) is 18.3 Å². The predicted octanol–water partition coefficient (Wildman–Crippen LogP) is 5.08. The molecule has 1 saturated heterocycles. The van der Waals surface area contributed by atoms with Crippen LogP contribution in [0.15, 0.2) is 30.6 Å². The molecule has 0 spiro atoms. The second kappa shape index (κ2) is 10.0. The first-order chi connectivity index (χ1) is 14.1. The molecule has 0 radical (unpaired) electrons. The van der Waals surface area contributed by atoms with E-state index in [1.165, 1.54) is 6.33 Å². The van der Waals surface area contributed by atoms with Gasteiger partial charge in [0.1, 0.15) is 12.1 Å². The van der Waals surface area contributed by atoms with Crippen molar-refractivity contribution in [2.75, 3.05) is 23.4 Å². The third-order valence-electron chi connectivity index (χ3n) is 5.24. The van der Waals surface area contributed by atoms with Gasteiger partial charge in [-0.3, -0.25) is 10.1 Å². The summed E-state index contributed by atoms with van der Waals surface area (Å²) in [5.74, 6) is 1.39. The molecule has 0 amide bonds. The summed E-state index contributed by atoms with van der Waals surface area (Å²) in [5.41, 5.74) is 0.641. The van der Waals surface area contributed by atoms with Crippen LogP contribution in [-0.2, 0) is 0 Å². The van der Waals surface area contributed by atoms with Crippen molar-refractivity contribution in [3.63, 3.8) is 0 Å². The van der Waals surface area contributed by atoms with Crippen molar-refractivity contribution in [3.05, 3.63) is 40.7 Å². The zero-order chi connectivity index (χ0) is 20.6. The molecule has 1 aromatic carbocycles. The molecule has 2 heterocycles. The van der Waals surface area contributed by atoms with E-state index < -0.39 is 0 Å². The monoisotopic (exact) mass is 399 g/mol. The van der Waals surface area contributed by atoms with E-state index in [0.29, 0.717) is 18.1 Å². The van der Waals surface area contributed by atoms with E-state index >= 15 is 0 Å². The fraction of sp³-hybridized carbons (Fsp3) is 0.524. The number of rotatable bonds is 9. The minimum Gasteiger partial charge on any atom is -0.494 e. The topological polar surface area (TPSA) is 93.4 Å². The van der Waals surface area contributed by atoms with Crippen molar-refractivity contribution in [2.45, 2.75) is 58.4 Å². The van der Waals surface area contributed by atoms with Crippen LogP contribution in [0.25, 0.3) is 0 Å². The van der Waals surface area contributed by atoms with Crippen LogP contribution in [0.4, 0.5) is 23.0 Å². The minimum absolute atomic E-state index is 0.0730. The maximum Gasteiger partial charge on any atom is 0.353 e. The van der Waals surface area contributed by atoms with Gasteiger partial charge in [-0.15, -0.1) is 0 Å². The number of anilines is 3. The number of aromatic nitrogens is 2. The van der Waals surface area contributed by atoms with Crippen LogP contribution in [0, 0.1) is 10.1 Å². The number of unbranched alkanes of at least 4 members (excludes halogenated alkanes) is 1. The van der Waals surface area contributed by atoms with Crippen molar-refractivity contribution >= 4 is 23.0 Å². The fourth-order valence-electron chi connectivity index (χ4n) is 3.65. The largest absolute Gasteiger partial charge is 0.494 e. The second-order valence-corrected chi connectivity index (χ2v) is 7.25. The Morgan fingerprint density at radius 1 is 1.24 bits per heavy atom. The summed E-state index contributed by atoms with van der Waals surface area (Å²) in [5, 5.41) is 15.0. The number of nitrogens with zero attached hydrogens (tertiary/aromatic N) is 4. The Labute approximate surface area is 171 Å². The Hall–Kier alpha value is -2.90. The van der Waals surface area contributed by atoms with Gasteiger partial charge in [0.25, 0.3) is 0 Å². The lowest BCUT2D eigenvalue weighted by Crippen LogP contribution is -2.40. The van der Waals surface area contributed by atoms with Crippen LogP contribution in [0.1, 0.15) is 52.4 Å². The van der Waals surface area contributed by atoms with E-state index in [4.69, 9.17) is 4.74 Å². The number of hydrogen-bond acceptors (Lipinski definition) is 7. The lowest BCUT2D eigenvalue weighted by Gasteiger charge is -2.35. The third-order valence-corrected chi connectivity index (χ3v) is 5.24. The smallest absolute Gasteiger partial charge is 0.353 e. The molecular formula is C21H29N5O3. The van der Waals surface area contributed by atoms with Crippen LogP contribution in [0.2, 0.25) is 0 Å². The van der Waals surface area contributed by atoms with Gasteiger partial charge in [-0.2, -0.15) is 0 Å². The second-order valence-electron chi connectivity index (χ2n) is 7.25. The summed E-state index contributed by atoms with van der Waals surface area (Å²) in [7, 11) is 0. The predicted molar refractivity (Wildman–Crippen MR) is 114 cm³/mol. The zero-order valence-corrected chi connectivity index (χ0v) is 17.1. The quantitative estimate of drug-likeness (QED) is 0.357. The normalized spacial score (nSPS) is 16.5. The van der Waals surface area contributed by atoms with Gasteiger partial charge in [0.15, 0.2) is 0 Å². The number of piperidine rings is 1. The Kier molecular flexibility index (Phi) is 7.21. The molecule has 29 heavy (non-hydrogen) atoms. The molecule has 8 nitrogen and oxygen atoms in total. The minimum atomic E-state index is -0.388. The van der Waals surface area contributed by atoms with E-state index in [2.05, 4.69) is 34.0 Å². The third kappa shape index (κ3) is 5.13. The lowest BCUT2D eigenvalue weighted by atomic mass is 10.00. The zero-order valence-electron chi connectivity index (χ0n) is 17.1. The molecule has 3 rings (SSSR count). The number of benzene rings is 1. The first kappa shape index (κ1) is 20.8. The van der Waals surface area contributed by atoms with Gasteiger partial charge in [-0.25, -0.2) is 9.97 Å². The number of nitrogens with one attached hydrogen (secondary N) is 1. The Morgan fingerprint density at radius 2 is 2.03 bits per heavy atom. The van der Waals surface area contributed by atoms with Gasteiger partial charge >= 0.3 is 5.69 Å². The molecule has 1 N–H and O–H groups in total. The standard InChI is InChI=1S/C21H29N5O3/c1-3-5-14-29-18-11-9-16(10-12-18)24-20-19(26(27)28)21(23-15-22-20)25-13-7-6-8-17(25)4-2/h9-12,15,17H,3-8,13-14H2,1-2H3,(H,22,23,24). The molecule has 0 bridgehead atoms.